The molecule has 2 heterocycles. The lowest BCUT2D eigenvalue weighted by molar-refractivity contribution is 0.0926. The van der Waals surface area contributed by atoms with Gasteiger partial charge in [0.2, 0.25) is 0 Å². The molecule has 1 fully saturated rings. The minimum Gasteiger partial charge on any atom is -0.348 e. The molecular weight excluding hydrogens is 281 g/mol. The van der Waals surface area contributed by atoms with Crippen molar-refractivity contribution >= 4 is 16.9 Å². The van der Waals surface area contributed by atoms with Gasteiger partial charge >= 0.3 is 0 Å². The summed E-state index contributed by atoms with van der Waals surface area (Å²) in [6, 6.07) is 3.15. The van der Waals surface area contributed by atoms with E-state index in [1.165, 1.54) is 25.3 Å². The van der Waals surface area contributed by atoms with E-state index in [0.717, 1.165) is 25.7 Å². The van der Waals surface area contributed by atoms with Crippen molar-refractivity contribution in [2.75, 3.05) is 0 Å². The van der Waals surface area contributed by atoms with Crippen LogP contribution in [0.3, 0.4) is 0 Å². The van der Waals surface area contributed by atoms with E-state index < -0.39 is 0 Å². The third kappa shape index (κ3) is 3.29. The van der Waals surface area contributed by atoms with Gasteiger partial charge in [-0.15, -0.1) is 0 Å². The van der Waals surface area contributed by atoms with Gasteiger partial charge in [0, 0.05) is 11.7 Å². The number of fused-ring (bicyclic) bond motifs is 1. The van der Waals surface area contributed by atoms with Crippen LogP contribution in [0.2, 0.25) is 0 Å². The molecule has 4 nitrogen and oxygen atoms in total. The fourth-order valence-corrected chi connectivity index (χ4v) is 3.17. The third-order valence-corrected chi connectivity index (χ3v) is 4.36. The number of carbonyl (C=O) groups excluding carboxylic acids is 1. The van der Waals surface area contributed by atoms with Gasteiger partial charge in [0.25, 0.3) is 5.91 Å². The summed E-state index contributed by atoms with van der Waals surface area (Å²) < 4.78 is 13.9. The van der Waals surface area contributed by atoms with Crippen molar-refractivity contribution in [3.63, 3.8) is 0 Å². The lowest BCUT2D eigenvalue weighted by atomic mass is 9.96. The molecule has 1 saturated carbocycles. The van der Waals surface area contributed by atoms with E-state index in [4.69, 9.17) is 0 Å². The fourth-order valence-electron chi connectivity index (χ4n) is 3.17. The van der Waals surface area contributed by atoms with Crippen molar-refractivity contribution in [3.05, 3.63) is 29.3 Å². The summed E-state index contributed by atoms with van der Waals surface area (Å²) in [5, 5.41) is 3.45. The number of halogens is 1. The van der Waals surface area contributed by atoms with Crippen molar-refractivity contribution < 1.29 is 9.18 Å². The number of carbonyl (C=O) groups is 1. The highest BCUT2D eigenvalue weighted by atomic mass is 19.1. The van der Waals surface area contributed by atoms with Crippen LogP contribution < -0.4 is 5.32 Å². The Labute approximate surface area is 129 Å². The Balaban J connectivity index is 1.75. The van der Waals surface area contributed by atoms with Gasteiger partial charge in [-0.25, -0.2) is 9.37 Å². The van der Waals surface area contributed by atoms with Gasteiger partial charge in [-0.1, -0.05) is 32.1 Å². The Kier molecular flexibility index (Phi) is 4.41. The molecular formula is C17H22FN3O. The average molecular weight is 303 g/mol. The van der Waals surface area contributed by atoms with Crippen molar-refractivity contribution in [2.24, 2.45) is 0 Å². The first kappa shape index (κ1) is 15.0. The van der Waals surface area contributed by atoms with E-state index >= 15 is 0 Å². The van der Waals surface area contributed by atoms with E-state index in [1.807, 2.05) is 0 Å². The third-order valence-electron chi connectivity index (χ3n) is 4.36. The number of rotatable bonds is 2. The van der Waals surface area contributed by atoms with Crippen LogP contribution in [0.25, 0.3) is 11.0 Å². The minimum absolute atomic E-state index is 0.166. The maximum absolute atomic E-state index is 13.9. The molecule has 2 N–H and O–H groups in total. The summed E-state index contributed by atoms with van der Waals surface area (Å²) in [4.78, 5) is 19.6. The summed E-state index contributed by atoms with van der Waals surface area (Å²) in [6.45, 7) is 1.73. The van der Waals surface area contributed by atoms with Gasteiger partial charge in [-0.05, 0) is 31.9 Å². The molecule has 0 atom stereocenters. The van der Waals surface area contributed by atoms with Crippen LogP contribution in [0.1, 0.15) is 61.1 Å². The summed E-state index contributed by atoms with van der Waals surface area (Å²) >= 11 is 0. The van der Waals surface area contributed by atoms with Crippen molar-refractivity contribution in [1.82, 2.24) is 15.3 Å². The summed E-state index contributed by atoms with van der Waals surface area (Å²) in [5.74, 6) is -0.510. The van der Waals surface area contributed by atoms with Gasteiger partial charge < -0.3 is 10.3 Å². The first-order valence-electron chi connectivity index (χ1n) is 8.10. The number of nitrogens with zero attached hydrogens (tertiary/aromatic N) is 1. The maximum Gasteiger partial charge on any atom is 0.267 e. The topological polar surface area (TPSA) is 57.8 Å². The number of amides is 1. The molecule has 0 saturated heterocycles. The molecule has 2 aromatic heterocycles. The second kappa shape index (κ2) is 6.46. The number of pyridine rings is 1. The highest BCUT2D eigenvalue weighted by Gasteiger charge is 2.18. The van der Waals surface area contributed by atoms with Gasteiger partial charge in [-0.3, -0.25) is 4.79 Å². The lowest BCUT2D eigenvalue weighted by Crippen LogP contribution is -2.35. The summed E-state index contributed by atoms with van der Waals surface area (Å²) in [5.41, 5.74) is 1.41. The van der Waals surface area contributed by atoms with Crippen LogP contribution in [-0.2, 0) is 0 Å². The van der Waals surface area contributed by atoms with Gasteiger partial charge in [0.05, 0.1) is 5.39 Å². The molecule has 118 valence electrons. The standard InChI is InChI=1S/C17H22FN3O/c1-11-9-14(18)13-10-15(21-16(13)19-11)17(22)20-12-7-5-3-2-4-6-8-12/h9-10,12H,2-8H2,1H3,(H,19,21)(H,20,22). The molecule has 0 bridgehead atoms. The second-order valence-electron chi connectivity index (χ2n) is 6.21. The van der Waals surface area contributed by atoms with E-state index in [-0.39, 0.29) is 17.8 Å². The molecule has 0 aromatic carbocycles. The number of aromatic nitrogens is 2. The van der Waals surface area contributed by atoms with Crippen LogP contribution in [0.5, 0.6) is 0 Å². The molecule has 1 aliphatic rings. The number of hydrogen-bond donors (Lipinski definition) is 2. The Bertz CT molecular complexity index is 672. The van der Waals surface area contributed by atoms with Crippen LogP contribution in [-0.4, -0.2) is 21.9 Å². The summed E-state index contributed by atoms with van der Waals surface area (Å²) in [6.07, 6.45) is 8.16. The molecule has 0 aliphatic heterocycles. The molecule has 0 spiro atoms. The van der Waals surface area contributed by atoms with Crippen LogP contribution in [0, 0.1) is 12.7 Å². The molecule has 5 heteroatoms. The molecule has 0 radical (unpaired) electrons. The zero-order chi connectivity index (χ0) is 15.5. The molecule has 0 unspecified atom stereocenters. The number of H-pyrrole nitrogens is 1. The van der Waals surface area contributed by atoms with Gasteiger partial charge in [0.1, 0.15) is 17.2 Å². The normalized spacial score (nSPS) is 17.2. The van der Waals surface area contributed by atoms with Gasteiger partial charge in [0.15, 0.2) is 0 Å². The largest absolute Gasteiger partial charge is 0.348 e. The van der Waals surface area contributed by atoms with Crippen LogP contribution in [0.15, 0.2) is 12.1 Å². The van der Waals surface area contributed by atoms with Crippen molar-refractivity contribution in [1.29, 1.82) is 0 Å². The fraction of sp³-hybridized carbons (Fsp3) is 0.529. The number of aryl methyl sites for hydroxylation is 1. The molecule has 22 heavy (non-hydrogen) atoms. The zero-order valence-corrected chi connectivity index (χ0v) is 12.9. The average Bonchev–Trinajstić information content (AvgIpc) is 2.85. The predicted octanol–water partition coefficient (Wildman–Crippen LogP) is 3.85. The van der Waals surface area contributed by atoms with Crippen LogP contribution >= 0.6 is 0 Å². The SMILES string of the molecule is Cc1cc(F)c2cc(C(=O)NC3CCCCCCC3)[nH]c2n1. The monoisotopic (exact) mass is 303 g/mol. The van der Waals surface area contributed by atoms with Gasteiger partial charge in [-0.2, -0.15) is 0 Å². The van der Waals surface area contributed by atoms with E-state index in [2.05, 4.69) is 15.3 Å². The highest BCUT2D eigenvalue weighted by molar-refractivity contribution is 5.97. The summed E-state index contributed by atoms with van der Waals surface area (Å²) in [7, 11) is 0. The molecule has 3 rings (SSSR count). The minimum atomic E-state index is -0.344. The number of aromatic amines is 1. The zero-order valence-electron chi connectivity index (χ0n) is 12.9. The number of hydrogen-bond acceptors (Lipinski definition) is 2. The molecule has 1 aliphatic carbocycles. The first-order valence-corrected chi connectivity index (χ1v) is 8.10. The Morgan fingerprint density at radius 3 is 2.64 bits per heavy atom. The van der Waals surface area contributed by atoms with E-state index in [0.29, 0.717) is 22.4 Å². The molecule has 1 amide bonds. The quantitative estimate of drug-likeness (QED) is 0.885. The van der Waals surface area contributed by atoms with E-state index in [1.54, 1.807) is 13.0 Å². The first-order chi connectivity index (χ1) is 10.6. The maximum atomic E-state index is 13.9. The Morgan fingerprint density at radius 2 is 1.91 bits per heavy atom. The van der Waals surface area contributed by atoms with E-state index in [9.17, 15) is 9.18 Å². The lowest BCUT2D eigenvalue weighted by Gasteiger charge is -2.20. The Morgan fingerprint density at radius 1 is 1.23 bits per heavy atom. The van der Waals surface area contributed by atoms with Crippen LogP contribution in [0.4, 0.5) is 4.39 Å². The van der Waals surface area contributed by atoms with Crippen molar-refractivity contribution in [3.8, 4) is 0 Å². The number of nitrogens with one attached hydrogen (secondary N) is 2. The predicted molar refractivity (Wildman–Crippen MR) is 84.4 cm³/mol. The highest BCUT2D eigenvalue weighted by Crippen LogP contribution is 2.20. The Hall–Kier alpha value is -1.91. The smallest absolute Gasteiger partial charge is 0.267 e. The second-order valence-corrected chi connectivity index (χ2v) is 6.21. The van der Waals surface area contributed by atoms with Crippen molar-refractivity contribution in [2.45, 2.75) is 57.9 Å². The molecule has 2 aromatic rings.